The third kappa shape index (κ3) is 4.46. The summed E-state index contributed by atoms with van der Waals surface area (Å²) < 4.78 is 0. The second-order valence-corrected chi connectivity index (χ2v) is 5.78. The van der Waals surface area contributed by atoms with Crippen molar-refractivity contribution in [2.45, 2.75) is 17.4 Å². The molecule has 100 valence electrons. The maximum absolute atomic E-state index is 10.0. The van der Waals surface area contributed by atoms with Crippen molar-refractivity contribution < 1.29 is 10.2 Å². The second kappa shape index (κ2) is 6.85. The molecule has 0 aliphatic carbocycles. The Bertz CT molecular complexity index is 531. The number of hydrogen-bond donors (Lipinski definition) is 2. The highest BCUT2D eigenvalue weighted by Crippen LogP contribution is 2.24. The van der Waals surface area contributed by atoms with Gasteiger partial charge in [-0.1, -0.05) is 29.8 Å². The van der Waals surface area contributed by atoms with Gasteiger partial charge in [-0.15, -0.1) is 11.8 Å². The normalized spacial score (nSPS) is 12.3. The first-order chi connectivity index (χ1) is 9.15. The molecule has 2 N–H and O–H groups in total. The Morgan fingerprint density at radius 2 is 1.84 bits per heavy atom. The van der Waals surface area contributed by atoms with E-state index in [9.17, 15) is 10.2 Å². The number of hydrogen-bond acceptors (Lipinski definition) is 3. The van der Waals surface area contributed by atoms with E-state index in [1.54, 1.807) is 30.0 Å². The molecule has 2 aromatic rings. The molecule has 2 aromatic carbocycles. The van der Waals surface area contributed by atoms with Gasteiger partial charge >= 0.3 is 0 Å². The van der Waals surface area contributed by atoms with Crippen LogP contribution in [0.3, 0.4) is 0 Å². The highest BCUT2D eigenvalue weighted by molar-refractivity contribution is 7.99. The Balaban J connectivity index is 1.90. The van der Waals surface area contributed by atoms with Crippen LogP contribution in [0.25, 0.3) is 0 Å². The Labute approximate surface area is 122 Å². The summed E-state index contributed by atoms with van der Waals surface area (Å²) in [6.45, 7) is 0. The summed E-state index contributed by atoms with van der Waals surface area (Å²) >= 11 is 7.47. The number of phenolic OH excluding ortho intramolecular Hbond substituents is 1. The van der Waals surface area contributed by atoms with E-state index in [-0.39, 0.29) is 5.75 Å². The highest BCUT2D eigenvalue weighted by Gasteiger charge is 2.10. The molecular formula is C15H15ClO2S. The van der Waals surface area contributed by atoms with Crippen LogP contribution in [0.15, 0.2) is 53.4 Å². The van der Waals surface area contributed by atoms with Crippen LogP contribution in [0.1, 0.15) is 5.56 Å². The Morgan fingerprint density at radius 1 is 1.11 bits per heavy atom. The van der Waals surface area contributed by atoms with Crippen molar-refractivity contribution in [3.05, 3.63) is 59.1 Å². The monoisotopic (exact) mass is 294 g/mol. The topological polar surface area (TPSA) is 40.5 Å². The molecule has 0 heterocycles. The SMILES string of the molecule is Oc1ccc(Cl)cc1CC(O)CSc1ccccc1. The molecular weight excluding hydrogens is 280 g/mol. The third-order valence-electron chi connectivity index (χ3n) is 2.68. The van der Waals surface area contributed by atoms with Crippen LogP contribution >= 0.6 is 23.4 Å². The van der Waals surface area contributed by atoms with E-state index in [4.69, 9.17) is 11.6 Å². The number of phenols is 1. The quantitative estimate of drug-likeness (QED) is 0.825. The van der Waals surface area contributed by atoms with Crippen molar-refractivity contribution >= 4 is 23.4 Å². The van der Waals surface area contributed by atoms with Crippen LogP contribution in [-0.2, 0) is 6.42 Å². The summed E-state index contributed by atoms with van der Waals surface area (Å²) in [6.07, 6.45) is -0.124. The molecule has 1 atom stereocenters. The average Bonchev–Trinajstić information content (AvgIpc) is 2.42. The van der Waals surface area contributed by atoms with Crippen molar-refractivity contribution in [3.63, 3.8) is 0 Å². The molecule has 0 amide bonds. The minimum Gasteiger partial charge on any atom is -0.508 e. The molecule has 0 fully saturated rings. The van der Waals surface area contributed by atoms with Gasteiger partial charge in [0.1, 0.15) is 5.75 Å². The zero-order valence-corrected chi connectivity index (χ0v) is 11.9. The molecule has 2 rings (SSSR count). The summed E-state index contributed by atoms with van der Waals surface area (Å²) in [5.74, 6) is 0.754. The summed E-state index contributed by atoms with van der Waals surface area (Å²) in [7, 11) is 0. The van der Waals surface area contributed by atoms with Crippen molar-refractivity contribution in [2.24, 2.45) is 0 Å². The smallest absolute Gasteiger partial charge is 0.118 e. The largest absolute Gasteiger partial charge is 0.508 e. The average molecular weight is 295 g/mol. The molecule has 0 aliphatic heterocycles. The van der Waals surface area contributed by atoms with Crippen molar-refractivity contribution in [1.82, 2.24) is 0 Å². The Kier molecular flexibility index (Phi) is 5.14. The van der Waals surface area contributed by atoms with Crippen LogP contribution in [0.4, 0.5) is 0 Å². The lowest BCUT2D eigenvalue weighted by molar-refractivity contribution is 0.199. The van der Waals surface area contributed by atoms with Crippen LogP contribution in [0, 0.1) is 0 Å². The first kappa shape index (κ1) is 14.3. The number of aromatic hydroxyl groups is 1. The van der Waals surface area contributed by atoms with Gasteiger partial charge in [-0.2, -0.15) is 0 Å². The van der Waals surface area contributed by atoms with E-state index < -0.39 is 6.10 Å². The standard InChI is InChI=1S/C15H15ClO2S/c16-12-6-7-15(18)11(8-12)9-13(17)10-19-14-4-2-1-3-5-14/h1-8,13,17-18H,9-10H2. The summed E-state index contributed by atoms with van der Waals surface area (Å²) in [4.78, 5) is 1.12. The van der Waals surface area contributed by atoms with E-state index in [1.165, 1.54) is 0 Å². The second-order valence-electron chi connectivity index (χ2n) is 4.26. The first-order valence-corrected chi connectivity index (χ1v) is 7.35. The maximum Gasteiger partial charge on any atom is 0.118 e. The van der Waals surface area contributed by atoms with Gasteiger partial charge in [0.05, 0.1) is 6.10 Å². The molecule has 0 aromatic heterocycles. The van der Waals surface area contributed by atoms with Gasteiger partial charge in [0.25, 0.3) is 0 Å². The van der Waals surface area contributed by atoms with Gasteiger partial charge in [0.2, 0.25) is 0 Å². The number of aliphatic hydroxyl groups is 1. The molecule has 1 unspecified atom stereocenters. The Morgan fingerprint density at radius 3 is 2.58 bits per heavy atom. The van der Waals surface area contributed by atoms with Gasteiger partial charge in [-0.25, -0.2) is 0 Å². The highest BCUT2D eigenvalue weighted by atomic mass is 35.5. The lowest BCUT2D eigenvalue weighted by Crippen LogP contribution is -2.13. The van der Waals surface area contributed by atoms with Crippen LogP contribution < -0.4 is 0 Å². The predicted octanol–water partition coefficient (Wildman–Crippen LogP) is 3.74. The van der Waals surface area contributed by atoms with Crippen LogP contribution in [0.2, 0.25) is 5.02 Å². The fourth-order valence-corrected chi connectivity index (χ4v) is 2.79. The van der Waals surface area contributed by atoms with Crippen molar-refractivity contribution in [3.8, 4) is 5.75 Å². The number of aliphatic hydroxyl groups excluding tert-OH is 1. The van der Waals surface area contributed by atoms with E-state index in [2.05, 4.69) is 0 Å². The van der Waals surface area contributed by atoms with Crippen molar-refractivity contribution in [2.75, 3.05) is 5.75 Å². The molecule has 0 spiro atoms. The summed E-state index contributed by atoms with van der Waals surface area (Å²) in [5, 5.41) is 20.3. The van der Waals surface area contributed by atoms with Crippen molar-refractivity contribution in [1.29, 1.82) is 0 Å². The van der Waals surface area contributed by atoms with Gasteiger partial charge in [0, 0.05) is 22.1 Å². The summed E-state index contributed by atoms with van der Waals surface area (Å²) in [5.41, 5.74) is 0.675. The molecule has 2 nitrogen and oxygen atoms in total. The van der Waals surface area contributed by atoms with E-state index >= 15 is 0 Å². The number of thioether (sulfide) groups is 1. The van der Waals surface area contributed by atoms with Gasteiger partial charge in [-0.05, 0) is 35.9 Å². The Hall–Kier alpha value is -1.16. The van der Waals surface area contributed by atoms with E-state index in [0.29, 0.717) is 22.8 Å². The fourth-order valence-electron chi connectivity index (χ4n) is 1.74. The van der Waals surface area contributed by atoms with E-state index in [1.807, 2.05) is 30.3 Å². The molecule has 19 heavy (non-hydrogen) atoms. The molecule has 0 bridgehead atoms. The molecule has 0 saturated heterocycles. The predicted molar refractivity (Wildman–Crippen MR) is 80.0 cm³/mol. The first-order valence-electron chi connectivity index (χ1n) is 5.98. The van der Waals surface area contributed by atoms with Gasteiger partial charge in [-0.3, -0.25) is 0 Å². The molecule has 0 radical (unpaired) electrons. The molecule has 4 heteroatoms. The van der Waals surface area contributed by atoms with Crippen LogP contribution in [-0.4, -0.2) is 22.1 Å². The van der Waals surface area contributed by atoms with Gasteiger partial charge < -0.3 is 10.2 Å². The molecule has 0 aliphatic rings. The van der Waals surface area contributed by atoms with E-state index in [0.717, 1.165) is 4.90 Å². The zero-order valence-electron chi connectivity index (χ0n) is 10.3. The minimum absolute atomic E-state index is 0.174. The number of halogens is 1. The number of benzene rings is 2. The minimum atomic E-state index is -0.519. The number of rotatable bonds is 5. The zero-order chi connectivity index (χ0) is 13.7. The van der Waals surface area contributed by atoms with Gasteiger partial charge in [0.15, 0.2) is 0 Å². The lowest BCUT2D eigenvalue weighted by atomic mass is 10.1. The third-order valence-corrected chi connectivity index (χ3v) is 4.07. The fraction of sp³-hybridized carbons (Fsp3) is 0.200. The molecule has 0 saturated carbocycles. The maximum atomic E-state index is 10.0. The van der Waals surface area contributed by atoms with Crippen LogP contribution in [0.5, 0.6) is 5.75 Å². The summed E-state index contributed by atoms with van der Waals surface area (Å²) in [6, 6.07) is 14.8. The lowest BCUT2D eigenvalue weighted by Gasteiger charge is -2.11.